The van der Waals surface area contributed by atoms with Crippen LogP contribution in [0.4, 0.5) is 5.69 Å². The monoisotopic (exact) mass is 399 g/mol. The minimum atomic E-state index is -3.44. The van der Waals surface area contributed by atoms with Gasteiger partial charge < -0.3 is 14.4 Å². The number of nitrogens with one attached hydrogen (secondary N) is 1. The molecule has 2 rings (SSSR count). The molecule has 0 aliphatic heterocycles. The molecular formula is C18H23ClNO3PS. The summed E-state index contributed by atoms with van der Waals surface area (Å²) in [5.74, 6) is -0.650. The smallest absolute Gasteiger partial charge is 0.357 e. The first kappa shape index (κ1) is 20.3. The van der Waals surface area contributed by atoms with Gasteiger partial charge in [-0.05, 0) is 49.9 Å². The second-order valence-electron chi connectivity index (χ2n) is 5.18. The Morgan fingerprint density at radius 2 is 1.68 bits per heavy atom. The lowest BCUT2D eigenvalue weighted by molar-refractivity contribution is 0.214. The summed E-state index contributed by atoms with van der Waals surface area (Å²) >= 11 is 7.92. The van der Waals surface area contributed by atoms with E-state index in [9.17, 15) is 4.57 Å². The zero-order valence-electron chi connectivity index (χ0n) is 14.6. The van der Waals surface area contributed by atoms with Crippen LogP contribution < -0.4 is 5.32 Å². The molecule has 1 atom stereocenters. The summed E-state index contributed by atoms with van der Waals surface area (Å²) in [6.45, 7) is 4.19. The highest BCUT2D eigenvalue weighted by Gasteiger charge is 2.37. The van der Waals surface area contributed by atoms with Crippen molar-refractivity contribution in [3.8, 4) is 0 Å². The fraction of sp³-hybridized carbons (Fsp3) is 0.333. The molecule has 0 spiro atoms. The third kappa shape index (κ3) is 5.25. The molecule has 2 aromatic rings. The van der Waals surface area contributed by atoms with Crippen LogP contribution >= 0.6 is 31.0 Å². The van der Waals surface area contributed by atoms with E-state index in [4.69, 9.17) is 20.6 Å². The Balaban J connectivity index is 2.45. The van der Waals surface area contributed by atoms with E-state index in [0.29, 0.717) is 23.9 Å². The molecule has 0 saturated carbocycles. The first-order chi connectivity index (χ1) is 12.0. The molecule has 2 aromatic carbocycles. The van der Waals surface area contributed by atoms with Crippen LogP contribution in [0.1, 0.15) is 25.2 Å². The highest BCUT2D eigenvalue weighted by Crippen LogP contribution is 2.61. The van der Waals surface area contributed by atoms with Crippen LogP contribution in [0.2, 0.25) is 5.02 Å². The van der Waals surface area contributed by atoms with E-state index in [1.807, 2.05) is 48.7 Å². The molecule has 1 N–H and O–H groups in total. The fourth-order valence-corrected chi connectivity index (χ4v) is 4.93. The number of para-hydroxylation sites is 1. The summed E-state index contributed by atoms with van der Waals surface area (Å²) in [5.41, 5.74) is 1.51. The SMILES string of the molecule is CCOP(=O)(OCC)C(Nc1ccccc1Cl)c1ccc(SC)cc1. The van der Waals surface area contributed by atoms with Gasteiger partial charge in [-0.2, -0.15) is 0 Å². The maximum Gasteiger partial charge on any atom is 0.357 e. The number of halogens is 1. The van der Waals surface area contributed by atoms with Crippen molar-refractivity contribution in [3.05, 3.63) is 59.1 Å². The molecule has 0 aliphatic carbocycles. The van der Waals surface area contributed by atoms with Crippen molar-refractivity contribution in [1.82, 2.24) is 0 Å². The maximum atomic E-state index is 13.4. The van der Waals surface area contributed by atoms with Gasteiger partial charge in [-0.3, -0.25) is 4.57 Å². The van der Waals surface area contributed by atoms with E-state index in [1.165, 1.54) is 0 Å². The highest BCUT2D eigenvalue weighted by molar-refractivity contribution is 7.98. The molecule has 0 amide bonds. The molecule has 0 aliphatic rings. The van der Waals surface area contributed by atoms with Crippen LogP contribution in [0.3, 0.4) is 0 Å². The Labute approximate surface area is 158 Å². The predicted molar refractivity (Wildman–Crippen MR) is 107 cm³/mol. The number of rotatable bonds is 9. The van der Waals surface area contributed by atoms with Crippen LogP contribution in [-0.2, 0) is 13.6 Å². The standard InChI is InChI=1S/C18H23ClNO3PS/c1-4-22-24(21,23-5-2)18(14-10-12-15(25-3)13-11-14)20-17-9-7-6-8-16(17)19/h6-13,18,20H,4-5H2,1-3H3. The molecule has 0 saturated heterocycles. The molecule has 0 fully saturated rings. The van der Waals surface area contributed by atoms with Gasteiger partial charge in [0.15, 0.2) is 5.78 Å². The van der Waals surface area contributed by atoms with Crippen molar-refractivity contribution in [3.63, 3.8) is 0 Å². The zero-order valence-corrected chi connectivity index (χ0v) is 17.0. The second kappa shape index (κ2) is 9.65. The third-order valence-electron chi connectivity index (χ3n) is 3.53. The van der Waals surface area contributed by atoms with Crippen LogP contribution in [0.15, 0.2) is 53.4 Å². The first-order valence-electron chi connectivity index (χ1n) is 8.07. The van der Waals surface area contributed by atoms with Gasteiger partial charge in [0.2, 0.25) is 0 Å². The summed E-state index contributed by atoms with van der Waals surface area (Å²) in [5, 5.41) is 3.81. The Morgan fingerprint density at radius 3 is 2.20 bits per heavy atom. The predicted octanol–water partition coefficient (Wildman–Crippen LogP) is 6.44. The van der Waals surface area contributed by atoms with E-state index < -0.39 is 13.4 Å². The highest BCUT2D eigenvalue weighted by atomic mass is 35.5. The van der Waals surface area contributed by atoms with Crippen molar-refractivity contribution in [1.29, 1.82) is 0 Å². The summed E-state index contributed by atoms with van der Waals surface area (Å²) in [6.07, 6.45) is 2.01. The molecule has 0 bridgehead atoms. The Morgan fingerprint density at radius 1 is 1.08 bits per heavy atom. The molecule has 7 heteroatoms. The topological polar surface area (TPSA) is 47.6 Å². The van der Waals surface area contributed by atoms with Crippen molar-refractivity contribution < 1.29 is 13.6 Å². The van der Waals surface area contributed by atoms with E-state index >= 15 is 0 Å². The van der Waals surface area contributed by atoms with Crippen molar-refractivity contribution in [2.24, 2.45) is 0 Å². The average Bonchev–Trinajstić information content (AvgIpc) is 2.61. The van der Waals surface area contributed by atoms with E-state index in [-0.39, 0.29) is 0 Å². The average molecular weight is 400 g/mol. The number of anilines is 1. The Bertz CT molecular complexity index is 717. The number of hydrogen-bond acceptors (Lipinski definition) is 5. The lowest BCUT2D eigenvalue weighted by atomic mass is 10.2. The van der Waals surface area contributed by atoms with Gasteiger partial charge in [-0.1, -0.05) is 35.9 Å². The van der Waals surface area contributed by atoms with E-state index in [1.54, 1.807) is 31.7 Å². The lowest BCUT2D eigenvalue weighted by Gasteiger charge is -2.28. The van der Waals surface area contributed by atoms with Gasteiger partial charge in [-0.25, -0.2) is 0 Å². The normalized spacial score (nSPS) is 12.8. The number of benzene rings is 2. The Hall–Kier alpha value is -0.970. The summed E-state index contributed by atoms with van der Waals surface area (Å²) in [4.78, 5) is 1.13. The zero-order chi connectivity index (χ0) is 18.3. The van der Waals surface area contributed by atoms with Crippen molar-refractivity contribution in [2.75, 3.05) is 24.8 Å². The third-order valence-corrected chi connectivity index (χ3v) is 6.90. The van der Waals surface area contributed by atoms with Crippen LogP contribution in [0.25, 0.3) is 0 Å². The molecule has 0 aromatic heterocycles. The van der Waals surface area contributed by atoms with Crippen molar-refractivity contribution >= 4 is 36.6 Å². The van der Waals surface area contributed by atoms with Crippen LogP contribution in [0, 0.1) is 0 Å². The van der Waals surface area contributed by atoms with Gasteiger partial charge in [0.05, 0.1) is 23.9 Å². The minimum Gasteiger partial charge on any atom is -0.367 e. The summed E-state index contributed by atoms with van der Waals surface area (Å²) in [7, 11) is -3.44. The molecular weight excluding hydrogens is 377 g/mol. The minimum absolute atomic E-state index is 0.293. The van der Waals surface area contributed by atoms with E-state index in [0.717, 1.165) is 10.5 Å². The Kier molecular flexibility index (Phi) is 7.85. The van der Waals surface area contributed by atoms with Crippen LogP contribution in [-0.4, -0.2) is 19.5 Å². The number of hydrogen-bond donors (Lipinski definition) is 1. The quantitative estimate of drug-likeness (QED) is 0.388. The molecule has 0 radical (unpaired) electrons. The second-order valence-corrected chi connectivity index (χ2v) is 8.57. The van der Waals surface area contributed by atoms with Gasteiger partial charge >= 0.3 is 7.60 Å². The number of thioether (sulfide) groups is 1. The summed E-state index contributed by atoms with van der Waals surface area (Å²) in [6, 6.07) is 15.2. The van der Waals surface area contributed by atoms with Gasteiger partial charge in [0, 0.05) is 4.90 Å². The van der Waals surface area contributed by atoms with Gasteiger partial charge in [0.25, 0.3) is 0 Å². The van der Waals surface area contributed by atoms with Gasteiger partial charge in [0.1, 0.15) is 0 Å². The summed E-state index contributed by atoms with van der Waals surface area (Å²) < 4.78 is 24.6. The molecule has 25 heavy (non-hydrogen) atoms. The largest absolute Gasteiger partial charge is 0.367 e. The molecule has 136 valence electrons. The first-order valence-corrected chi connectivity index (χ1v) is 11.3. The van der Waals surface area contributed by atoms with Gasteiger partial charge in [-0.15, -0.1) is 11.8 Å². The fourth-order valence-electron chi connectivity index (χ4n) is 2.40. The van der Waals surface area contributed by atoms with E-state index in [2.05, 4.69) is 5.32 Å². The molecule has 1 unspecified atom stereocenters. The van der Waals surface area contributed by atoms with Crippen LogP contribution in [0.5, 0.6) is 0 Å². The van der Waals surface area contributed by atoms with Crippen molar-refractivity contribution in [2.45, 2.75) is 24.5 Å². The molecule has 0 heterocycles. The molecule has 4 nitrogen and oxygen atoms in total. The maximum absolute atomic E-state index is 13.4. The lowest BCUT2D eigenvalue weighted by Crippen LogP contribution is -2.15.